The summed E-state index contributed by atoms with van der Waals surface area (Å²) in [4.78, 5) is 7.15. The van der Waals surface area contributed by atoms with Gasteiger partial charge in [0.15, 0.2) is 16.5 Å². The Balaban J connectivity index is 2.09. The summed E-state index contributed by atoms with van der Waals surface area (Å²) in [7, 11) is 0. The van der Waals surface area contributed by atoms with Crippen LogP contribution in [0, 0.1) is 0 Å². The van der Waals surface area contributed by atoms with Gasteiger partial charge in [0.1, 0.15) is 9.48 Å². The number of aromatic nitrogens is 4. The van der Waals surface area contributed by atoms with Gasteiger partial charge in [-0.3, -0.25) is 0 Å². The second-order valence-corrected chi connectivity index (χ2v) is 6.04. The van der Waals surface area contributed by atoms with E-state index in [0.29, 0.717) is 11.3 Å². The number of rotatable bonds is 1. The zero-order valence-corrected chi connectivity index (χ0v) is 13.0. The second kappa shape index (κ2) is 5.16. The maximum Gasteiger partial charge on any atom is 0.443 e. The summed E-state index contributed by atoms with van der Waals surface area (Å²) >= 11 is 3.18. The van der Waals surface area contributed by atoms with Crippen molar-refractivity contribution in [2.75, 3.05) is 0 Å². The van der Waals surface area contributed by atoms with Crippen molar-refractivity contribution >= 4 is 32.9 Å². The van der Waals surface area contributed by atoms with Crippen LogP contribution in [-0.2, 0) is 12.4 Å². The minimum Gasteiger partial charge on any atom is -0.224 e. The Morgan fingerprint density at radius 3 is 2.30 bits per heavy atom. The highest BCUT2D eigenvalue weighted by Gasteiger charge is 2.36. The van der Waals surface area contributed by atoms with E-state index in [4.69, 9.17) is 0 Å². The average Bonchev–Trinajstić information content (AvgIpc) is 2.98. The number of fused-ring (bicyclic) bond motifs is 1. The zero-order valence-electron chi connectivity index (χ0n) is 10.6. The van der Waals surface area contributed by atoms with Crippen LogP contribution in [0.2, 0.25) is 0 Å². The maximum atomic E-state index is 12.6. The molecule has 0 saturated heterocycles. The molecule has 0 N–H and O–H groups in total. The van der Waals surface area contributed by atoms with Crippen LogP contribution in [0.25, 0.3) is 16.3 Å². The van der Waals surface area contributed by atoms with Gasteiger partial charge in [-0.05, 0) is 28.1 Å². The lowest BCUT2D eigenvalue weighted by molar-refractivity contribution is -0.138. The monoisotopic (exact) mass is 416 g/mol. The van der Waals surface area contributed by atoms with E-state index in [-0.39, 0.29) is 21.0 Å². The number of pyridine rings is 1. The molecule has 0 saturated carbocycles. The molecule has 0 atom stereocenters. The van der Waals surface area contributed by atoms with Gasteiger partial charge in [0.2, 0.25) is 0 Å². The third-order valence-electron chi connectivity index (χ3n) is 2.70. The molecule has 122 valence electrons. The Bertz CT molecular complexity index is 881. The Morgan fingerprint density at radius 1 is 1.04 bits per heavy atom. The molecule has 0 fully saturated rings. The maximum absolute atomic E-state index is 12.6. The zero-order chi connectivity index (χ0) is 17.0. The van der Waals surface area contributed by atoms with E-state index in [1.165, 1.54) is 0 Å². The molecule has 0 aliphatic carbocycles. The van der Waals surface area contributed by atoms with E-state index >= 15 is 0 Å². The largest absolute Gasteiger partial charge is 0.443 e. The molecule has 0 radical (unpaired) electrons. The highest BCUT2D eigenvalue weighted by molar-refractivity contribution is 9.10. The molecule has 0 aliphatic rings. The summed E-state index contributed by atoms with van der Waals surface area (Å²) in [5.41, 5.74) is -1.06. The van der Waals surface area contributed by atoms with E-state index in [2.05, 4.69) is 31.0 Å². The van der Waals surface area contributed by atoms with Gasteiger partial charge in [0.25, 0.3) is 0 Å². The Morgan fingerprint density at radius 2 is 1.74 bits per heavy atom. The lowest BCUT2D eigenvalue weighted by Crippen LogP contribution is -2.05. The van der Waals surface area contributed by atoms with E-state index in [1.807, 2.05) is 0 Å². The molecule has 0 amide bonds. The first kappa shape index (κ1) is 16.2. The highest BCUT2D eigenvalue weighted by atomic mass is 79.9. The fraction of sp³-hybridized carbons (Fsp3) is 0.182. The molecule has 3 rings (SSSR count). The summed E-state index contributed by atoms with van der Waals surface area (Å²) in [6.45, 7) is 0. The molecule has 12 heteroatoms. The Labute approximate surface area is 135 Å². The number of halogens is 7. The second-order valence-electron chi connectivity index (χ2n) is 4.29. The third kappa shape index (κ3) is 3.04. The first-order valence-electron chi connectivity index (χ1n) is 5.73. The summed E-state index contributed by atoms with van der Waals surface area (Å²) in [6, 6.07) is 1.56. The molecule has 0 aliphatic heterocycles. The van der Waals surface area contributed by atoms with E-state index in [1.54, 1.807) is 0 Å². The van der Waals surface area contributed by atoms with Gasteiger partial charge >= 0.3 is 12.4 Å². The van der Waals surface area contributed by atoms with Crippen LogP contribution in [0.3, 0.4) is 0 Å². The highest BCUT2D eigenvalue weighted by Crippen LogP contribution is 2.40. The Hall–Kier alpha value is -1.69. The number of alkyl halides is 6. The van der Waals surface area contributed by atoms with E-state index in [0.717, 1.165) is 22.8 Å². The summed E-state index contributed by atoms with van der Waals surface area (Å²) in [5, 5.41) is 2.77. The third-order valence-corrected chi connectivity index (χ3v) is 4.63. The predicted octanol–water partition coefficient (Wildman–Crippen LogP) is 4.65. The predicted molar refractivity (Wildman–Crippen MR) is 71.8 cm³/mol. The topological polar surface area (TPSA) is 43.1 Å². The van der Waals surface area contributed by atoms with Gasteiger partial charge in [-0.15, -0.1) is 16.4 Å². The first-order chi connectivity index (χ1) is 10.6. The first-order valence-corrected chi connectivity index (χ1v) is 7.34. The van der Waals surface area contributed by atoms with E-state index < -0.39 is 22.9 Å². The minimum absolute atomic E-state index is 0.0189. The van der Waals surface area contributed by atoms with Crippen LogP contribution in [0.15, 0.2) is 22.9 Å². The van der Waals surface area contributed by atoms with Gasteiger partial charge < -0.3 is 0 Å². The lowest BCUT2D eigenvalue weighted by Gasteiger charge is -2.05. The molecule has 23 heavy (non-hydrogen) atoms. The summed E-state index contributed by atoms with van der Waals surface area (Å²) in [5.74, 6) is -0.149. The molecular weight excluding hydrogens is 414 g/mol. The van der Waals surface area contributed by atoms with Crippen molar-refractivity contribution in [1.29, 1.82) is 0 Å². The normalized spacial score (nSPS) is 13.0. The Kier molecular flexibility index (Phi) is 3.63. The van der Waals surface area contributed by atoms with Gasteiger partial charge in [-0.2, -0.15) is 26.3 Å². The van der Waals surface area contributed by atoms with Crippen LogP contribution in [0.5, 0.6) is 0 Å². The van der Waals surface area contributed by atoms with Crippen LogP contribution in [0.1, 0.15) is 10.6 Å². The molecule has 0 aromatic carbocycles. The molecule has 4 nitrogen and oxygen atoms in total. The summed E-state index contributed by atoms with van der Waals surface area (Å²) in [6.07, 6.45) is -8.15. The van der Waals surface area contributed by atoms with Crippen LogP contribution in [-0.4, -0.2) is 19.6 Å². The molecule has 3 aromatic heterocycles. The van der Waals surface area contributed by atoms with Crippen LogP contribution >= 0.6 is 27.3 Å². The van der Waals surface area contributed by atoms with Crippen molar-refractivity contribution in [1.82, 2.24) is 19.6 Å². The number of nitrogens with zero attached hydrogens (tertiary/aromatic N) is 4. The average molecular weight is 417 g/mol. The number of hydrogen-bond donors (Lipinski definition) is 0. The van der Waals surface area contributed by atoms with Crippen molar-refractivity contribution in [3.63, 3.8) is 0 Å². The van der Waals surface area contributed by atoms with Crippen molar-refractivity contribution in [3.8, 4) is 10.7 Å². The van der Waals surface area contributed by atoms with Crippen molar-refractivity contribution in [2.45, 2.75) is 12.4 Å². The van der Waals surface area contributed by atoms with Crippen molar-refractivity contribution in [3.05, 3.63) is 33.5 Å². The number of hydrogen-bond acceptors (Lipinski definition) is 4. The van der Waals surface area contributed by atoms with Gasteiger partial charge in [-0.25, -0.2) is 14.5 Å². The van der Waals surface area contributed by atoms with Gasteiger partial charge in [0.05, 0.1) is 5.56 Å². The molecule has 0 spiro atoms. The van der Waals surface area contributed by atoms with Crippen LogP contribution < -0.4 is 0 Å². The molecule has 3 aromatic rings. The smallest absolute Gasteiger partial charge is 0.224 e. The minimum atomic E-state index is -4.63. The lowest BCUT2D eigenvalue weighted by atomic mass is 10.2. The van der Waals surface area contributed by atoms with Gasteiger partial charge in [0, 0.05) is 6.20 Å². The molecule has 3 heterocycles. The van der Waals surface area contributed by atoms with Gasteiger partial charge in [-0.1, -0.05) is 0 Å². The molecule has 0 unspecified atom stereocenters. The summed E-state index contributed by atoms with van der Waals surface area (Å²) < 4.78 is 76.8. The van der Waals surface area contributed by atoms with Crippen molar-refractivity contribution < 1.29 is 26.3 Å². The molecule has 0 bridgehead atoms. The number of thiazole rings is 1. The van der Waals surface area contributed by atoms with Crippen molar-refractivity contribution in [2.24, 2.45) is 0 Å². The fourth-order valence-corrected chi connectivity index (χ4v) is 3.18. The SMILES string of the molecule is FC(F)(F)c1ccn2nc(-c3sc(C(F)(F)F)nc3Br)nc2c1. The quantitative estimate of drug-likeness (QED) is 0.542. The fourth-order valence-electron chi connectivity index (χ4n) is 1.71. The standard InChI is InChI=1S/C11H3BrF6N4S/c12-7-6(23-9(20-7)11(16,17)18)8-19-5-3-4(10(13,14)15)1-2-22(5)21-8/h1-3H. The van der Waals surface area contributed by atoms with Crippen LogP contribution in [0.4, 0.5) is 26.3 Å². The molecular formula is C11H3BrF6N4S. The van der Waals surface area contributed by atoms with E-state index in [9.17, 15) is 26.3 Å².